The van der Waals surface area contributed by atoms with Gasteiger partial charge in [0.2, 0.25) is 0 Å². The molecule has 0 atom stereocenters. The lowest BCUT2D eigenvalue weighted by molar-refractivity contribution is 0.0606. The number of amides is 1. The maximum atomic E-state index is 10.8. The second-order valence-corrected chi connectivity index (χ2v) is 5.49. The molecule has 0 bridgehead atoms. The van der Waals surface area contributed by atoms with Crippen molar-refractivity contribution in [2.24, 2.45) is 5.73 Å². The van der Waals surface area contributed by atoms with Crippen LogP contribution in [-0.2, 0) is 4.74 Å². The van der Waals surface area contributed by atoms with E-state index in [4.69, 9.17) is 17.2 Å². The summed E-state index contributed by atoms with van der Waals surface area (Å²) in [6, 6.07) is 6.59. The van der Waals surface area contributed by atoms with Crippen LogP contribution in [0.25, 0.3) is 0 Å². The van der Waals surface area contributed by atoms with E-state index >= 15 is 0 Å². The quantitative estimate of drug-likeness (QED) is 0.726. The lowest BCUT2D eigenvalue weighted by atomic mass is 10.4. The number of hydrogen-bond acceptors (Lipinski definition) is 7. The zero-order chi connectivity index (χ0) is 14.4. The Morgan fingerprint density at radius 1 is 1.00 bits per heavy atom. The highest BCUT2D eigenvalue weighted by molar-refractivity contribution is 7.18. The van der Waals surface area contributed by atoms with Crippen molar-refractivity contribution in [2.75, 3.05) is 18.6 Å². The zero-order valence-electron chi connectivity index (χ0n) is 10.1. The molecule has 2 aromatic heterocycles. The van der Waals surface area contributed by atoms with Gasteiger partial charge in [-0.25, -0.2) is 4.79 Å². The number of methoxy groups -OCH3 is 1. The molecule has 0 saturated carbocycles. The summed E-state index contributed by atoms with van der Waals surface area (Å²) in [5, 5.41) is 1.24. The van der Waals surface area contributed by atoms with E-state index in [1.165, 1.54) is 29.8 Å². The summed E-state index contributed by atoms with van der Waals surface area (Å²) in [5.41, 5.74) is 15.7. The Balaban J connectivity index is 0.000000191. The van der Waals surface area contributed by atoms with Gasteiger partial charge in [0.25, 0.3) is 5.91 Å². The lowest BCUT2D eigenvalue weighted by Crippen LogP contribution is -2.07. The minimum atomic E-state index is -0.420. The molecule has 0 saturated heterocycles. The first-order chi connectivity index (χ1) is 8.93. The van der Waals surface area contributed by atoms with Crippen LogP contribution in [0, 0.1) is 0 Å². The number of nitrogens with two attached hydrogens (primary N) is 3. The number of primary amides is 1. The number of nitrogen functional groups attached to an aromatic ring is 2. The molecular weight excluding hydrogens is 286 g/mol. The predicted octanol–water partition coefficient (Wildman–Crippen LogP) is 1.55. The molecule has 0 aromatic carbocycles. The molecule has 0 aliphatic carbocycles. The summed E-state index contributed by atoms with van der Waals surface area (Å²) in [7, 11) is 1.35. The molecule has 0 unspecified atom stereocenters. The third kappa shape index (κ3) is 4.60. The topological polar surface area (TPSA) is 121 Å². The van der Waals surface area contributed by atoms with Gasteiger partial charge in [0.15, 0.2) is 0 Å². The van der Waals surface area contributed by atoms with Crippen molar-refractivity contribution < 1.29 is 14.3 Å². The molecule has 0 radical (unpaired) electrons. The van der Waals surface area contributed by atoms with E-state index in [0.717, 1.165) is 0 Å². The number of carbonyl (C=O) groups is 2. The average molecular weight is 299 g/mol. The van der Waals surface area contributed by atoms with Crippen LogP contribution in [-0.4, -0.2) is 19.0 Å². The molecule has 0 aliphatic heterocycles. The van der Waals surface area contributed by atoms with Crippen LogP contribution in [0.2, 0.25) is 0 Å². The van der Waals surface area contributed by atoms with Gasteiger partial charge in [0.05, 0.1) is 22.0 Å². The van der Waals surface area contributed by atoms with Gasteiger partial charge in [-0.1, -0.05) is 0 Å². The fourth-order valence-corrected chi connectivity index (χ4v) is 2.37. The molecule has 102 valence electrons. The molecule has 6 nitrogen and oxygen atoms in total. The average Bonchev–Trinajstić information content (AvgIpc) is 2.98. The van der Waals surface area contributed by atoms with Crippen LogP contribution < -0.4 is 17.2 Å². The van der Waals surface area contributed by atoms with Gasteiger partial charge in [-0.2, -0.15) is 0 Å². The molecule has 0 aliphatic rings. The number of ether oxygens (including phenoxy) is 1. The van der Waals surface area contributed by atoms with Crippen LogP contribution in [0.4, 0.5) is 10.0 Å². The van der Waals surface area contributed by atoms with Crippen molar-refractivity contribution in [2.45, 2.75) is 0 Å². The van der Waals surface area contributed by atoms with E-state index < -0.39 is 5.91 Å². The van der Waals surface area contributed by atoms with E-state index in [9.17, 15) is 9.59 Å². The van der Waals surface area contributed by atoms with Crippen molar-refractivity contribution in [1.29, 1.82) is 0 Å². The van der Waals surface area contributed by atoms with Gasteiger partial charge in [0, 0.05) is 0 Å². The Hall–Kier alpha value is -2.06. The highest BCUT2D eigenvalue weighted by atomic mass is 32.1. The molecule has 0 fully saturated rings. The highest BCUT2D eigenvalue weighted by Gasteiger charge is 2.06. The van der Waals surface area contributed by atoms with Gasteiger partial charge in [-0.05, 0) is 24.3 Å². The second-order valence-electron chi connectivity index (χ2n) is 3.26. The van der Waals surface area contributed by atoms with Gasteiger partial charge in [-0.15, -0.1) is 22.7 Å². The maximum absolute atomic E-state index is 10.8. The summed E-state index contributed by atoms with van der Waals surface area (Å²) < 4.78 is 4.47. The van der Waals surface area contributed by atoms with Crippen molar-refractivity contribution in [1.82, 2.24) is 0 Å². The summed E-state index contributed by atoms with van der Waals surface area (Å²) >= 11 is 2.42. The molecule has 2 rings (SSSR count). The van der Waals surface area contributed by atoms with E-state index in [2.05, 4.69) is 4.74 Å². The number of esters is 1. The van der Waals surface area contributed by atoms with Crippen molar-refractivity contribution >= 4 is 44.6 Å². The Kier molecular flexibility index (Phi) is 5.34. The van der Waals surface area contributed by atoms with Gasteiger partial charge < -0.3 is 21.9 Å². The normalized spacial score (nSPS) is 9.32. The zero-order valence-corrected chi connectivity index (χ0v) is 11.7. The standard InChI is InChI=1S/C6H7NO2S.C5H6N2OS/c1-9-6(8)4-2-3-5(7)10-4;6-4-2-1-3(9-4)5(7)8/h2-3H,7H2,1H3;1-2H,6H2,(H2,7,8). The first-order valence-electron chi connectivity index (χ1n) is 5.02. The first-order valence-corrected chi connectivity index (χ1v) is 6.66. The van der Waals surface area contributed by atoms with Gasteiger partial charge >= 0.3 is 5.97 Å². The van der Waals surface area contributed by atoms with Gasteiger partial charge in [-0.3, -0.25) is 4.79 Å². The Bertz CT molecular complexity index is 577. The van der Waals surface area contributed by atoms with Crippen LogP contribution in [0.3, 0.4) is 0 Å². The molecule has 0 spiro atoms. The van der Waals surface area contributed by atoms with Crippen molar-refractivity contribution in [3.8, 4) is 0 Å². The van der Waals surface area contributed by atoms with Crippen LogP contribution in [0.15, 0.2) is 24.3 Å². The maximum Gasteiger partial charge on any atom is 0.348 e. The van der Waals surface area contributed by atoms with Crippen LogP contribution in [0.1, 0.15) is 19.3 Å². The SMILES string of the molecule is COC(=O)c1ccc(N)s1.NC(=O)c1ccc(N)s1. The lowest BCUT2D eigenvalue weighted by Gasteiger charge is -1.90. The van der Waals surface area contributed by atoms with Crippen LogP contribution in [0.5, 0.6) is 0 Å². The molecule has 1 amide bonds. The van der Waals surface area contributed by atoms with Crippen LogP contribution >= 0.6 is 22.7 Å². The summed E-state index contributed by atoms with van der Waals surface area (Å²) in [6.07, 6.45) is 0. The fourth-order valence-electron chi connectivity index (χ4n) is 1.05. The molecular formula is C11H13N3O3S2. The fraction of sp³-hybridized carbons (Fsp3) is 0.0909. The number of anilines is 2. The van der Waals surface area contributed by atoms with E-state index in [1.807, 2.05) is 0 Å². The Labute approximate surface area is 117 Å². The van der Waals surface area contributed by atoms with Crippen molar-refractivity contribution in [3.63, 3.8) is 0 Å². The molecule has 6 N–H and O–H groups in total. The van der Waals surface area contributed by atoms with E-state index in [0.29, 0.717) is 19.8 Å². The van der Waals surface area contributed by atoms with E-state index in [-0.39, 0.29) is 5.97 Å². The minimum Gasteiger partial charge on any atom is -0.465 e. The smallest absolute Gasteiger partial charge is 0.348 e. The second kappa shape index (κ2) is 6.76. The molecule has 2 heterocycles. The molecule has 19 heavy (non-hydrogen) atoms. The third-order valence-corrected chi connectivity index (χ3v) is 3.71. The predicted molar refractivity (Wildman–Crippen MR) is 77.3 cm³/mol. The Morgan fingerprint density at radius 3 is 1.74 bits per heavy atom. The largest absolute Gasteiger partial charge is 0.465 e. The summed E-state index contributed by atoms with van der Waals surface area (Å²) in [6.45, 7) is 0. The number of thiophene rings is 2. The third-order valence-electron chi connectivity index (χ3n) is 1.88. The Morgan fingerprint density at radius 2 is 1.47 bits per heavy atom. The van der Waals surface area contributed by atoms with Crippen molar-refractivity contribution in [3.05, 3.63) is 34.0 Å². The number of rotatable bonds is 2. The first kappa shape index (κ1) is 15.0. The minimum absolute atomic E-state index is 0.332. The molecule has 8 heteroatoms. The summed E-state index contributed by atoms with van der Waals surface area (Å²) in [4.78, 5) is 22.2. The number of carbonyl (C=O) groups excluding carboxylic acids is 2. The molecule has 2 aromatic rings. The monoisotopic (exact) mass is 299 g/mol. The summed E-state index contributed by atoms with van der Waals surface area (Å²) in [5.74, 6) is -0.751. The highest BCUT2D eigenvalue weighted by Crippen LogP contribution is 2.18. The van der Waals surface area contributed by atoms with Gasteiger partial charge in [0.1, 0.15) is 4.88 Å². The number of hydrogen-bond donors (Lipinski definition) is 3. The van der Waals surface area contributed by atoms with E-state index in [1.54, 1.807) is 24.3 Å².